The summed E-state index contributed by atoms with van der Waals surface area (Å²) in [5.41, 5.74) is 0.672. The second-order valence-corrected chi connectivity index (χ2v) is 7.29. The van der Waals surface area contributed by atoms with E-state index in [1.807, 2.05) is 6.07 Å². The van der Waals surface area contributed by atoms with E-state index in [2.05, 4.69) is 10.6 Å². The van der Waals surface area contributed by atoms with Gasteiger partial charge in [-0.3, -0.25) is 4.79 Å². The molecule has 0 unspecified atom stereocenters. The predicted molar refractivity (Wildman–Crippen MR) is 108 cm³/mol. The van der Waals surface area contributed by atoms with E-state index < -0.39 is 0 Å². The first-order chi connectivity index (χ1) is 13.2. The summed E-state index contributed by atoms with van der Waals surface area (Å²) in [7, 11) is 0. The SMILES string of the molecule is N#C/C(=C/Nc1cccc(O)c1)C(=O)NC1CCCCCCCCCCC1. The molecule has 0 atom stereocenters. The van der Waals surface area contributed by atoms with Crippen molar-refractivity contribution in [1.29, 1.82) is 5.26 Å². The molecule has 0 aliphatic heterocycles. The van der Waals surface area contributed by atoms with Crippen LogP contribution in [0.3, 0.4) is 0 Å². The number of anilines is 1. The molecule has 1 aliphatic rings. The fourth-order valence-electron chi connectivity index (χ4n) is 3.47. The highest BCUT2D eigenvalue weighted by atomic mass is 16.3. The standard InChI is InChI=1S/C22H31N3O2/c23-16-18(17-24-20-13-10-14-21(26)15-20)22(27)25-19-11-8-6-4-2-1-3-5-7-9-12-19/h10,13-15,17,19,24,26H,1-9,11-12H2,(H,25,27)/b18-17-. The summed E-state index contributed by atoms with van der Waals surface area (Å²) in [6.07, 6.45) is 14.6. The molecular formula is C22H31N3O2. The summed E-state index contributed by atoms with van der Waals surface area (Å²) < 4.78 is 0. The van der Waals surface area contributed by atoms with Gasteiger partial charge in [-0.15, -0.1) is 0 Å². The quantitative estimate of drug-likeness (QED) is 0.515. The molecular weight excluding hydrogens is 338 g/mol. The Morgan fingerprint density at radius 2 is 1.63 bits per heavy atom. The predicted octanol–water partition coefficient (Wildman–Crippen LogP) is 5.00. The molecule has 3 N–H and O–H groups in total. The molecule has 27 heavy (non-hydrogen) atoms. The third-order valence-corrected chi connectivity index (χ3v) is 5.03. The van der Waals surface area contributed by atoms with Crippen molar-refractivity contribution in [3.8, 4) is 11.8 Å². The molecule has 5 nitrogen and oxygen atoms in total. The van der Waals surface area contributed by atoms with Gasteiger partial charge in [-0.05, 0) is 25.0 Å². The first-order valence-electron chi connectivity index (χ1n) is 10.2. The average molecular weight is 370 g/mol. The zero-order chi connectivity index (χ0) is 19.3. The van der Waals surface area contributed by atoms with Crippen LogP contribution in [0.25, 0.3) is 0 Å². The summed E-state index contributed by atoms with van der Waals surface area (Å²) in [5, 5.41) is 24.8. The van der Waals surface area contributed by atoms with Gasteiger partial charge in [-0.2, -0.15) is 5.26 Å². The molecule has 0 spiro atoms. The van der Waals surface area contributed by atoms with Gasteiger partial charge < -0.3 is 15.7 Å². The number of phenolic OH excluding ortho intramolecular Hbond substituents is 1. The van der Waals surface area contributed by atoms with Crippen LogP contribution in [0.5, 0.6) is 5.75 Å². The van der Waals surface area contributed by atoms with Gasteiger partial charge in [-0.25, -0.2) is 0 Å². The zero-order valence-electron chi connectivity index (χ0n) is 16.0. The number of hydrogen-bond donors (Lipinski definition) is 3. The third-order valence-electron chi connectivity index (χ3n) is 5.03. The first-order valence-corrected chi connectivity index (χ1v) is 10.2. The molecule has 1 amide bonds. The van der Waals surface area contributed by atoms with Gasteiger partial charge in [0.25, 0.3) is 5.91 Å². The monoisotopic (exact) mass is 369 g/mol. The van der Waals surface area contributed by atoms with Crippen LogP contribution >= 0.6 is 0 Å². The van der Waals surface area contributed by atoms with Crippen LogP contribution in [0, 0.1) is 11.3 Å². The Bertz CT molecular complexity index is 652. The molecule has 0 heterocycles. The average Bonchev–Trinajstić information content (AvgIpc) is 2.64. The first kappa shape index (κ1) is 20.8. The number of amides is 1. The van der Waals surface area contributed by atoms with Gasteiger partial charge in [0, 0.05) is 24.0 Å². The minimum Gasteiger partial charge on any atom is -0.508 e. The molecule has 5 heteroatoms. The third kappa shape index (κ3) is 8.17. The number of nitrogens with one attached hydrogen (secondary N) is 2. The van der Waals surface area contributed by atoms with Gasteiger partial charge >= 0.3 is 0 Å². The maximum absolute atomic E-state index is 12.5. The van der Waals surface area contributed by atoms with Gasteiger partial charge in [0.15, 0.2) is 0 Å². The molecule has 0 bridgehead atoms. The molecule has 1 aromatic rings. The van der Waals surface area contributed by atoms with E-state index in [-0.39, 0.29) is 23.3 Å². The molecule has 0 aromatic heterocycles. The summed E-state index contributed by atoms with van der Waals surface area (Å²) in [6.45, 7) is 0. The van der Waals surface area contributed by atoms with E-state index in [9.17, 15) is 15.2 Å². The van der Waals surface area contributed by atoms with Gasteiger partial charge in [0.05, 0.1) is 0 Å². The van der Waals surface area contributed by atoms with E-state index in [1.165, 1.54) is 57.2 Å². The highest BCUT2D eigenvalue weighted by Gasteiger charge is 2.16. The lowest BCUT2D eigenvalue weighted by molar-refractivity contribution is -0.117. The van der Waals surface area contributed by atoms with Gasteiger partial charge in [0.2, 0.25) is 0 Å². The number of rotatable bonds is 4. The van der Waals surface area contributed by atoms with Crippen LogP contribution in [0.2, 0.25) is 0 Å². The van der Waals surface area contributed by atoms with E-state index in [0.717, 1.165) is 25.7 Å². The van der Waals surface area contributed by atoms with Crippen molar-refractivity contribution in [1.82, 2.24) is 5.32 Å². The van der Waals surface area contributed by atoms with Gasteiger partial charge in [-0.1, -0.05) is 63.9 Å². The number of phenols is 1. The van der Waals surface area contributed by atoms with Crippen molar-refractivity contribution in [3.05, 3.63) is 36.0 Å². The lowest BCUT2D eigenvalue weighted by Gasteiger charge is -2.19. The van der Waals surface area contributed by atoms with Gasteiger partial charge in [0.1, 0.15) is 17.4 Å². The largest absolute Gasteiger partial charge is 0.508 e. The maximum atomic E-state index is 12.5. The van der Waals surface area contributed by atoms with Crippen LogP contribution in [-0.4, -0.2) is 17.1 Å². The molecule has 146 valence electrons. The molecule has 2 rings (SSSR count). The van der Waals surface area contributed by atoms with E-state index >= 15 is 0 Å². The zero-order valence-corrected chi connectivity index (χ0v) is 16.0. The second-order valence-electron chi connectivity index (χ2n) is 7.29. The Kier molecular flexibility index (Phi) is 9.26. The second kappa shape index (κ2) is 12.0. The Balaban J connectivity index is 1.91. The van der Waals surface area contributed by atoms with Crippen LogP contribution in [0.4, 0.5) is 5.69 Å². The minimum atomic E-state index is -0.331. The minimum absolute atomic E-state index is 0.0458. The van der Waals surface area contributed by atoms with Crippen LogP contribution in [0.15, 0.2) is 36.0 Å². The smallest absolute Gasteiger partial charge is 0.263 e. The Hall–Kier alpha value is -2.48. The maximum Gasteiger partial charge on any atom is 0.263 e. The fraction of sp³-hybridized carbons (Fsp3) is 0.545. The van der Waals surface area contributed by atoms with Crippen LogP contribution in [-0.2, 0) is 4.79 Å². The summed E-state index contributed by atoms with van der Waals surface area (Å²) in [6, 6.07) is 8.66. The highest BCUT2D eigenvalue weighted by molar-refractivity contribution is 5.97. The number of hydrogen-bond acceptors (Lipinski definition) is 4. The lowest BCUT2D eigenvalue weighted by Crippen LogP contribution is -2.35. The fourth-order valence-corrected chi connectivity index (χ4v) is 3.47. The van der Waals surface area contributed by atoms with E-state index in [1.54, 1.807) is 18.2 Å². The molecule has 1 fully saturated rings. The number of nitriles is 1. The normalized spacial score (nSPS) is 17.8. The molecule has 0 saturated heterocycles. The topological polar surface area (TPSA) is 85.2 Å². The van der Waals surface area contributed by atoms with Crippen LogP contribution < -0.4 is 10.6 Å². The van der Waals surface area contributed by atoms with Crippen molar-refractivity contribution in [2.75, 3.05) is 5.32 Å². The summed E-state index contributed by atoms with van der Waals surface area (Å²) in [5.74, 6) is -0.202. The van der Waals surface area contributed by atoms with E-state index in [4.69, 9.17) is 0 Å². The lowest BCUT2D eigenvalue weighted by atomic mass is 9.98. The number of carbonyl (C=O) groups excluding carboxylic acids is 1. The van der Waals surface area contributed by atoms with E-state index in [0.29, 0.717) is 5.69 Å². The Morgan fingerprint density at radius 1 is 1.04 bits per heavy atom. The Morgan fingerprint density at radius 3 is 2.19 bits per heavy atom. The molecule has 1 saturated carbocycles. The van der Waals surface area contributed by atoms with Crippen LogP contribution in [0.1, 0.15) is 70.6 Å². The summed E-state index contributed by atoms with van der Waals surface area (Å²) >= 11 is 0. The number of carbonyl (C=O) groups is 1. The van der Waals surface area contributed by atoms with Crippen molar-refractivity contribution in [2.45, 2.75) is 76.7 Å². The Labute approximate surface area is 162 Å². The summed E-state index contributed by atoms with van der Waals surface area (Å²) in [4.78, 5) is 12.5. The number of benzene rings is 1. The van der Waals surface area contributed by atoms with Crippen molar-refractivity contribution in [2.24, 2.45) is 0 Å². The molecule has 0 radical (unpaired) electrons. The molecule has 1 aliphatic carbocycles. The van der Waals surface area contributed by atoms with Crippen molar-refractivity contribution in [3.63, 3.8) is 0 Å². The highest BCUT2D eigenvalue weighted by Crippen LogP contribution is 2.18. The molecule has 1 aromatic carbocycles. The number of aromatic hydroxyl groups is 1. The van der Waals surface area contributed by atoms with Crippen molar-refractivity contribution >= 4 is 11.6 Å². The van der Waals surface area contributed by atoms with Crippen molar-refractivity contribution < 1.29 is 9.90 Å². The number of nitrogens with zero attached hydrogens (tertiary/aromatic N) is 1.